The van der Waals surface area contributed by atoms with Crippen LogP contribution >= 0.6 is 11.8 Å². The number of hydrogen-bond acceptors (Lipinski definition) is 5. The molecule has 0 bridgehead atoms. The van der Waals surface area contributed by atoms with Crippen LogP contribution < -0.4 is 4.90 Å². The Morgan fingerprint density at radius 3 is 2.84 bits per heavy atom. The third kappa shape index (κ3) is 4.14. The first kappa shape index (κ1) is 17.4. The van der Waals surface area contributed by atoms with Gasteiger partial charge in [-0.25, -0.2) is 4.79 Å². The fraction of sp³-hybridized carbons (Fsp3) is 0.263. The molecule has 0 unspecified atom stereocenters. The topological polar surface area (TPSA) is 58.2 Å². The van der Waals surface area contributed by atoms with Crippen LogP contribution in [0.4, 0.5) is 5.69 Å². The number of thioether (sulfide) groups is 1. The van der Waals surface area contributed by atoms with Crippen molar-refractivity contribution in [3.05, 3.63) is 53.9 Å². The maximum atomic E-state index is 11.8. The minimum absolute atomic E-state index is 0.287. The second-order valence-corrected chi connectivity index (χ2v) is 6.86. The second-order valence-electron chi connectivity index (χ2n) is 5.84. The maximum absolute atomic E-state index is 11.8. The third-order valence-electron chi connectivity index (χ3n) is 3.80. The number of nitrogens with one attached hydrogen (secondary N) is 1. The lowest BCUT2D eigenvalue weighted by atomic mass is 10.1. The van der Waals surface area contributed by atoms with E-state index in [4.69, 9.17) is 4.74 Å². The van der Waals surface area contributed by atoms with E-state index in [1.165, 1.54) is 0 Å². The third-order valence-corrected chi connectivity index (χ3v) is 4.77. The molecule has 0 saturated heterocycles. The summed E-state index contributed by atoms with van der Waals surface area (Å²) in [4.78, 5) is 21.7. The Kier molecular flexibility index (Phi) is 5.28. The highest BCUT2D eigenvalue weighted by molar-refractivity contribution is 7.98. The number of carbonyl (C=O) groups excluding carboxylic acids is 1. The highest BCUT2D eigenvalue weighted by atomic mass is 32.2. The lowest BCUT2D eigenvalue weighted by Crippen LogP contribution is -2.09. The average molecular weight is 355 g/mol. The Balaban J connectivity index is 1.74. The first-order valence-corrected chi connectivity index (χ1v) is 9.10. The van der Waals surface area contributed by atoms with Gasteiger partial charge in [0, 0.05) is 42.6 Å². The van der Waals surface area contributed by atoms with Gasteiger partial charge in [0.1, 0.15) is 0 Å². The molecule has 0 atom stereocenters. The van der Waals surface area contributed by atoms with Gasteiger partial charge in [-0.15, -0.1) is 11.8 Å². The zero-order valence-corrected chi connectivity index (χ0v) is 15.4. The molecular weight excluding hydrogens is 334 g/mol. The fourth-order valence-electron chi connectivity index (χ4n) is 2.50. The van der Waals surface area contributed by atoms with Gasteiger partial charge in [-0.05, 0) is 43.3 Å². The van der Waals surface area contributed by atoms with E-state index in [1.807, 2.05) is 38.5 Å². The van der Waals surface area contributed by atoms with Gasteiger partial charge in [0.2, 0.25) is 0 Å². The smallest absolute Gasteiger partial charge is 0.338 e. The SMILES string of the molecule is CCOC(=O)c1ccc2[nH]c(SCc3cc(N(C)C)ccn3)cc2c1. The molecule has 0 aliphatic carbocycles. The van der Waals surface area contributed by atoms with E-state index in [-0.39, 0.29) is 5.97 Å². The van der Waals surface area contributed by atoms with E-state index in [0.717, 1.165) is 33.1 Å². The average Bonchev–Trinajstić information content (AvgIpc) is 3.02. The van der Waals surface area contributed by atoms with Crippen LogP contribution in [0.25, 0.3) is 10.9 Å². The van der Waals surface area contributed by atoms with Crippen molar-refractivity contribution in [3.8, 4) is 0 Å². The first-order chi connectivity index (χ1) is 12.1. The molecule has 0 radical (unpaired) electrons. The van der Waals surface area contributed by atoms with Crippen molar-refractivity contribution in [2.45, 2.75) is 17.7 Å². The van der Waals surface area contributed by atoms with E-state index in [1.54, 1.807) is 24.8 Å². The number of anilines is 1. The number of pyridine rings is 1. The molecule has 0 spiro atoms. The molecule has 1 N–H and O–H groups in total. The van der Waals surface area contributed by atoms with Crippen molar-refractivity contribution in [2.75, 3.05) is 25.6 Å². The Labute approximate surface area is 151 Å². The van der Waals surface area contributed by atoms with E-state index < -0.39 is 0 Å². The van der Waals surface area contributed by atoms with E-state index in [2.05, 4.69) is 27.0 Å². The summed E-state index contributed by atoms with van der Waals surface area (Å²) in [5.74, 6) is 0.490. The molecule has 0 fully saturated rings. The van der Waals surface area contributed by atoms with Gasteiger partial charge < -0.3 is 14.6 Å². The molecule has 25 heavy (non-hydrogen) atoms. The van der Waals surface area contributed by atoms with Gasteiger partial charge in [0.25, 0.3) is 0 Å². The molecular formula is C19H21N3O2S. The van der Waals surface area contributed by atoms with Gasteiger partial charge in [-0.3, -0.25) is 4.98 Å². The van der Waals surface area contributed by atoms with Gasteiger partial charge in [-0.1, -0.05) is 0 Å². The quantitative estimate of drug-likeness (QED) is 0.533. The molecule has 3 rings (SSSR count). The molecule has 1 aromatic carbocycles. The molecule has 3 aromatic rings. The number of H-pyrrole nitrogens is 1. The standard InChI is InChI=1S/C19H21N3O2S/c1-4-24-19(23)13-5-6-17-14(9-13)10-18(21-17)25-12-15-11-16(22(2)3)7-8-20-15/h5-11,21H,4,12H2,1-3H3. The molecule has 0 aliphatic rings. The molecule has 5 nitrogen and oxygen atoms in total. The van der Waals surface area contributed by atoms with Crippen molar-refractivity contribution in [3.63, 3.8) is 0 Å². The summed E-state index contributed by atoms with van der Waals surface area (Å²) in [6.45, 7) is 2.19. The van der Waals surface area contributed by atoms with E-state index in [0.29, 0.717) is 12.2 Å². The summed E-state index contributed by atoms with van der Waals surface area (Å²) < 4.78 is 5.05. The van der Waals surface area contributed by atoms with Crippen LogP contribution in [0.1, 0.15) is 23.0 Å². The minimum Gasteiger partial charge on any atom is -0.462 e. The van der Waals surface area contributed by atoms with E-state index >= 15 is 0 Å². The number of ether oxygens (including phenoxy) is 1. The number of rotatable bonds is 6. The minimum atomic E-state index is -0.287. The Hall–Kier alpha value is -2.47. The second kappa shape index (κ2) is 7.61. The summed E-state index contributed by atoms with van der Waals surface area (Å²) in [7, 11) is 4.04. The Morgan fingerprint density at radius 2 is 2.08 bits per heavy atom. The maximum Gasteiger partial charge on any atom is 0.338 e. The Bertz CT molecular complexity index is 889. The molecule has 130 valence electrons. The zero-order chi connectivity index (χ0) is 17.8. The van der Waals surface area contributed by atoms with Gasteiger partial charge >= 0.3 is 5.97 Å². The molecule has 0 saturated carbocycles. The van der Waals surface area contributed by atoms with Crippen molar-refractivity contribution < 1.29 is 9.53 Å². The van der Waals surface area contributed by atoms with Crippen LogP contribution in [0, 0.1) is 0 Å². The molecule has 0 aliphatic heterocycles. The number of hydrogen-bond donors (Lipinski definition) is 1. The number of esters is 1. The van der Waals surface area contributed by atoms with Crippen LogP contribution in [-0.2, 0) is 10.5 Å². The summed E-state index contributed by atoms with van der Waals surface area (Å²) in [5.41, 5.74) is 3.75. The number of nitrogens with zero attached hydrogens (tertiary/aromatic N) is 2. The lowest BCUT2D eigenvalue weighted by molar-refractivity contribution is 0.0526. The first-order valence-electron chi connectivity index (χ1n) is 8.11. The number of aromatic nitrogens is 2. The Morgan fingerprint density at radius 1 is 1.24 bits per heavy atom. The highest BCUT2D eigenvalue weighted by Crippen LogP contribution is 2.27. The zero-order valence-electron chi connectivity index (χ0n) is 14.6. The number of fused-ring (bicyclic) bond motifs is 1. The fourth-order valence-corrected chi connectivity index (χ4v) is 3.35. The van der Waals surface area contributed by atoms with Crippen molar-refractivity contribution in [1.29, 1.82) is 0 Å². The van der Waals surface area contributed by atoms with Gasteiger partial charge in [0.15, 0.2) is 0 Å². The summed E-state index contributed by atoms with van der Waals surface area (Å²) in [6, 6.07) is 11.7. The normalized spacial score (nSPS) is 10.8. The molecule has 0 amide bonds. The van der Waals surface area contributed by atoms with Gasteiger partial charge in [0.05, 0.1) is 22.9 Å². The van der Waals surface area contributed by atoms with Crippen LogP contribution in [0.2, 0.25) is 0 Å². The number of aromatic amines is 1. The van der Waals surface area contributed by atoms with Crippen molar-refractivity contribution in [1.82, 2.24) is 9.97 Å². The largest absolute Gasteiger partial charge is 0.462 e. The molecule has 6 heteroatoms. The van der Waals surface area contributed by atoms with Crippen molar-refractivity contribution >= 4 is 34.3 Å². The van der Waals surface area contributed by atoms with E-state index in [9.17, 15) is 4.79 Å². The summed E-state index contributed by atoms with van der Waals surface area (Å²) >= 11 is 1.69. The monoisotopic (exact) mass is 355 g/mol. The van der Waals surface area contributed by atoms with Crippen LogP contribution in [0.3, 0.4) is 0 Å². The van der Waals surface area contributed by atoms with Crippen LogP contribution in [0.15, 0.2) is 47.6 Å². The van der Waals surface area contributed by atoms with Crippen LogP contribution in [-0.4, -0.2) is 36.6 Å². The molecule has 2 aromatic heterocycles. The predicted octanol–water partition coefficient (Wildman–Crippen LogP) is 4.10. The van der Waals surface area contributed by atoms with Crippen molar-refractivity contribution in [2.24, 2.45) is 0 Å². The number of carbonyl (C=O) groups is 1. The van der Waals surface area contributed by atoms with Crippen LogP contribution in [0.5, 0.6) is 0 Å². The lowest BCUT2D eigenvalue weighted by Gasteiger charge is -2.12. The summed E-state index contributed by atoms with van der Waals surface area (Å²) in [5, 5.41) is 2.05. The van der Waals surface area contributed by atoms with Gasteiger partial charge in [-0.2, -0.15) is 0 Å². The predicted molar refractivity (Wildman–Crippen MR) is 102 cm³/mol. The number of benzene rings is 1. The molecule has 2 heterocycles. The summed E-state index contributed by atoms with van der Waals surface area (Å²) in [6.07, 6.45) is 1.84. The highest BCUT2D eigenvalue weighted by Gasteiger charge is 2.09.